The molecule has 0 aliphatic heterocycles. The van der Waals surface area contributed by atoms with E-state index in [0.29, 0.717) is 21.1 Å². The number of hydrogen-bond donors (Lipinski definition) is 1. The van der Waals surface area contributed by atoms with Gasteiger partial charge in [-0.15, -0.1) is 0 Å². The Morgan fingerprint density at radius 1 is 1.25 bits per heavy atom. The Morgan fingerprint density at radius 3 is 2.65 bits per heavy atom. The van der Waals surface area contributed by atoms with Gasteiger partial charge in [0.1, 0.15) is 0 Å². The summed E-state index contributed by atoms with van der Waals surface area (Å²) in [6, 6.07) is 10.1. The fraction of sp³-hybridized carbons (Fsp3) is 0.0769. The van der Waals surface area contributed by atoms with Crippen LogP contribution in [0.5, 0.6) is 0 Å². The second-order valence-electron chi connectivity index (χ2n) is 3.99. The third kappa shape index (κ3) is 3.42. The molecule has 2 aromatic carbocycles. The molecule has 0 fully saturated rings. The van der Waals surface area contributed by atoms with Crippen LogP contribution in [0.15, 0.2) is 40.9 Å². The highest BCUT2D eigenvalue weighted by Gasteiger charge is 2.11. The summed E-state index contributed by atoms with van der Waals surface area (Å²) < 4.78 is 0.421. The Balaban J connectivity index is 2.13. The highest BCUT2D eigenvalue weighted by atomic mass is 79.9. The third-order valence-electron chi connectivity index (χ3n) is 2.66. The van der Waals surface area contributed by atoms with Crippen molar-refractivity contribution in [1.82, 2.24) is 0 Å². The van der Waals surface area contributed by atoms with Gasteiger partial charge in [-0.1, -0.05) is 35.3 Å². The van der Waals surface area contributed by atoms with Gasteiger partial charge in [0.05, 0.1) is 19.4 Å². The quantitative estimate of drug-likeness (QED) is 0.584. The Morgan fingerprint density at radius 2 is 2.00 bits per heavy atom. The molecule has 0 radical (unpaired) electrons. The monoisotopic (exact) mass is 374 g/mol. The summed E-state index contributed by atoms with van der Waals surface area (Å²) >= 11 is 15.2. The SMILES string of the molecule is O=[N+]([O-])c1ccc(NCc2cccc(Cl)c2Cl)cc1Br. The van der Waals surface area contributed by atoms with E-state index in [-0.39, 0.29) is 5.69 Å². The molecule has 20 heavy (non-hydrogen) atoms. The number of nitro benzene ring substituents is 1. The number of nitrogens with zero attached hydrogens (tertiary/aromatic N) is 1. The minimum atomic E-state index is -0.443. The molecular weight excluding hydrogens is 367 g/mol. The normalized spacial score (nSPS) is 10.3. The van der Waals surface area contributed by atoms with Gasteiger partial charge in [-0.3, -0.25) is 10.1 Å². The van der Waals surface area contributed by atoms with Gasteiger partial charge in [0.25, 0.3) is 5.69 Å². The van der Waals surface area contributed by atoms with Crippen molar-refractivity contribution in [3.63, 3.8) is 0 Å². The standard InChI is InChI=1S/C13H9BrCl2N2O2/c14-10-6-9(4-5-12(10)18(19)20)17-7-8-2-1-3-11(15)13(8)16/h1-6,17H,7H2. The predicted octanol–water partition coefficient (Wildman–Crippen LogP) is 5.28. The molecule has 0 aromatic heterocycles. The first-order valence-electron chi connectivity index (χ1n) is 5.59. The number of benzene rings is 2. The van der Waals surface area contributed by atoms with Gasteiger partial charge in [0.15, 0.2) is 0 Å². The molecule has 0 heterocycles. The first kappa shape index (κ1) is 15.1. The predicted molar refractivity (Wildman–Crippen MR) is 84.6 cm³/mol. The van der Waals surface area contributed by atoms with Crippen molar-refractivity contribution in [3.8, 4) is 0 Å². The van der Waals surface area contributed by atoms with Crippen LogP contribution in [0.3, 0.4) is 0 Å². The highest BCUT2D eigenvalue weighted by Crippen LogP contribution is 2.29. The van der Waals surface area contributed by atoms with E-state index in [4.69, 9.17) is 23.2 Å². The Hall–Kier alpha value is -1.30. The van der Waals surface area contributed by atoms with Crippen molar-refractivity contribution in [2.75, 3.05) is 5.32 Å². The van der Waals surface area contributed by atoms with Crippen LogP contribution in [0.25, 0.3) is 0 Å². The van der Waals surface area contributed by atoms with Gasteiger partial charge in [-0.25, -0.2) is 0 Å². The molecule has 0 atom stereocenters. The first-order chi connectivity index (χ1) is 9.49. The van der Waals surface area contributed by atoms with Gasteiger partial charge in [-0.2, -0.15) is 0 Å². The van der Waals surface area contributed by atoms with Gasteiger partial charge in [0, 0.05) is 18.3 Å². The molecule has 0 saturated heterocycles. The maximum Gasteiger partial charge on any atom is 0.283 e. The van der Waals surface area contributed by atoms with Crippen molar-refractivity contribution in [2.24, 2.45) is 0 Å². The molecule has 0 bridgehead atoms. The van der Waals surface area contributed by atoms with Crippen LogP contribution < -0.4 is 5.32 Å². The van der Waals surface area contributed by atoms with E-state index in [2.05, 4.69) is 21.2 Å². The van der Waals surface area contributed by atoms with Crippen LogP contribution in [0.2, 0.25) is 10.0 Å². The van der Waals surface area contributed by atoms with E-state index >= 15 is 0 Å². The van der Waals surface area contributed by atoms with E-state index in [1.165, 1.54) is 6.07 Å². The van der Waals surface area contributed by atoms with Crippen molar-refractivity contribution in [1.29, 1.82) is 0 Å². The van der Waals surface area contributed by atoms with Crippen LogP contribution >= 0.6 is 39.1 Å². The molecule has 2 aromatic rings. The second kappa shape index (κ2) is 6.43. The minimum Gasteiger partial charge on any atom is -0.381 e. The largest absolute Gasteiger partial charge is 0.381 e. The smallest absolute Gasteiger partial charge is 0.283 e. The third-order valence-corrected chi connectivity index (χ3v) is 4.15. The highest BCUT2D eigenvalue weighted by molar-refractivity contribution is 9.10. The molecule has 1 N–H and O–H groups in total. The van der Waals surface area contributed by atoms with Gasteiger partial charge >= 0.3 is 0 Å². The molecule has 0 amide bonds. The molecule has 7 heteroatoms. The van der Waals surface area contributed by atoms with Crippen LogP contribution in [0.4, 0.5) is 11.4 Å². The molecule has 0 aliphatic rings. The lowest BCUT2D eigenvalue weighted by molar-refractivity contribution is -0.385. The van der Waals surface area contributed by atoms with E-state index in [1.807, 2.05) is 12.1 Å². The maximum absolute atomic E-state index is 10.7. The zero-order chi connectivity index (χ0) is 14.7. The summed E-state index contributed by atoms with van der Waals surface area (Å²) in [4.78, 5) is 10.3. The Bertz CT molecular complexity index is 665. The van der Waals surface area contributed by atoms with Crippen molar-refractivity contribution in [3.05, 3.63) is 66.6 Å². The topological polar surface area (TPSA) is 55.2 Å². The number of halogens is 3. The van der Waals surface area contributed by atoms with E-state index < -0.39 is 4.92 Å². The Labute approximate surface area is 134 Å². The van der Waals surface area contributed by atoms with Crippen molar-refractivity contribution < 1.29 is 4.92 Å². The van der Waals surface area contributed by atoms with E-state index in [9.17, 15) is 10.1 Å². The summed E-state index contributed by atoms with van der Waals surface area (Å²) in [7, 11) is 0. The summed E-state index contributed by atoms with van der Waals surface area (Å²) in [5.41, 5.74) is 1.63. The summed E-state index contributed by atoms with van der Waals surface area (Å²) in [5.74, 6) is 0. The lowest BCUT2D eigenvalue weighted by atomic mass is 10.2. The summed E-state index contributed by atoms with van der Waals surface area (Å²) in [6.45, 7) is 0.476. The van der Waals surface area contributed by atoms with E-state index in [1.54, 1.807) is 18.2 Å². The zero-order valence-electron chi connectivity index (χ0n) is 10.1. The average molecular weight is 376 g/mol. The van der Waals surface area contributed by atoms with Crippen molar-refractivity contribution >= 4 is 50.5 Å². The first-order valence-corrected chi connectivity index (χ1v) is 7.14. The van der Waals surface area contributed by atoms with Crippen LogP contribution in [-0.4, -0.2) is 4.92 Å². The molecule has 2 rings (SSSR count). The molecule has 104 valence electrons. The average Bonchev–Trinajstić information content (AvgIpc) is 2.40. The zero-order valence-corrected chi connectivity index (χ0v) is 13.2. The van der Waals surface area contributed by atoms with Crippen molar-refractivity contribution in [2.45, 2.75) is 6.54 Å². The van der Waals surface area contributed by atoms with Gasteiger partial charge < -0.3 is 5.32 Å². The molecule has 0 unspecified atom stereocenters. The summed E-state index contributed by atoms with van der Waals surface area (Å²) in [6.07, 6.45) is 0. The molecule has 0 spiro atoms. The second-order valence-corrected chi connectivity index (χ2v) is 5.63. The molecule has 0 saturated carbocycles. The Kier molecular flexibility index (Phi) is 4.86. The fourth-order valence-electron chi connectivity index (χ4n) is 1.65. The number of anilines is 1. The number of rotatable bonds is 4. The minimum absolute atomic E-state index is 0.0244. The van der Waals surface area contributed by atoms with Gasteiger partial charge in [-0.05, 0) is 39.7 Å². The fourth-order valence-corrected chi connectivity index (χ4v) is 2.56. The van der Waals surface area contributed by atoms with Crippen LogP contribution in [-0.2, 0) is 6.54 Å². The molecular formula is C13H9BrCl2N2O2. The lowest BCUT2D eigenvalue weighted by Gasteiger charge is -2.09. The van der Waals surface area contributed by atoms with E-state index in [0.717, 1.165) is 11.3 Å². The van der Waals surface area contributed by atoms with Crippen LogP contribution in [0.1, 0.15) is 5.56 Å². The number of nitrogens with one attached hydrogen (secondary N) is 1. The molecule has 0 aliphatic carbocycles. The number of hydrogen-bond acceptors (Lipinski definition) is 3. The van der Waals surface area contributed by atoms with Crippen LogP contribution in [0, 0.1) is 10.1 Å². The molecule has 4 nitrogen and oxygen atoms in total. The number of nitro groups is 1. The van der Waals surface area contributed by atoms with Gasteiger partial charge in [0.2, 0.25) is 0 Å². The maximum atomic E-state index is 10.7. The summed E-state index contributed by atoms with van der Waals surface area (Å²) in [5, 5.41) is 14.9. The lowest BCUT2D eigenvalue weighted by Crippen LogP contribution is -2.00.